The Morgan fingerprint density at radius 2 is 1.83 bits per heavy atom. The SMILES string of the molecule is CCN(C(=O)COC(=O)CNC(=O)c1ccccc1C)c1nc2ccccc2s1. The molecule has 2 aromatic carbocycles. The molecule has 0 unspecified atom stereocenters. The van der Waals surface area contributed by atoms with Gasteiger partial charge in [0, 0.05) is 12.1 Å². The molecule has 0 atom stereocenters. The van der Waals surface area contributed by atoms with Gasteiger partial charge in [0.15, 0.2) is 11.7 Å². The minimum Gasteiger partial charge on any atom is -0.454 e. The van der Waals surface area contributed by atoms with Crippen molar-refractivity contribution >= 4 is 44.5 Å². The van der Waals surface area contributed by atoms with E-state index in [-0.39, 0.29) is 18.4 Å². The number of thiazole rings is 1. The van der Waals surface area contributed by atoms with E-state index < -0.39 is 12.6 Å². The molecule has 29 heavy (non-hydrogen) atoms. The molecule has 1 N–H and O–H groups in total. The zero-order valence-corrected chi connectivity index (χ0v) is 17.0. The van der Waals surface area contributed by atoms with Gasteiger partial charge in [-0.1, -0.05) is 41.7 Å². The number of carbonyl (C=O) groups excluding carboxylic acids is 3. The molecule has 2 amide bonds. The van der Waals surface area contributed by atoms with Gasteiger partial charge in [0.1, 0.15) is 6.54 Å². The average Bonchev–Trinajstić information content (AvgIpc) is 3.15. The summed E-state index contributed by atoms with van der Waals surface area (Å²) in [6.07, 6.45) is 0. The highest BCUT2D eigenvalue weighted by Crippen LogP contribution is 2.28. The van der Waals surface area contributed by atoms with E-state index in [0.29, 0.717) is 17.2 Å². The summed E-state index contributed by atoms with van der Waals surface area (Å²) in [5, 5.41) is 3.07. The van der Waals surface area contributed by atoms with Gasteiger partial charge in [-0.15, -0.1) is 0 Å². The fourth-order valence-electron chi connectivity index (χ4n) is 2.74. The van der Waals surface area contributed by atoms with E-state index in [2.05, 4.69) is 10.3 Å². The molecule has 1 heterocycles. The maximum Gasteiger partial charge on any atom is 0.325 e. The Morgan fingerprint density at radius 1 is 1.10 bits per heavy atom. The lowest BCUT2D eigenvalue weighted by Crippen LogP contribution is -2.36. The van der Waals surface area contributed by atoms with E-state index in [1.807, 2.05) is 50.2 Å². The summed E-state index contributed by atoms with van der Waals surface area (Å²) < 4.78 is 6.01. The number of nitrogens with one attached hydrogen (secondary N) is 1. The largest absolute Gasteiger partial charge is 0.454 e. The molecule has 0 aliphatic carbocycles. The first-order chi connectivity index (χ1) is 14.0. The number of aryl methyl sites for hydroxylation is 1. The van der Waals surface area contributed by atoms with Crippen LogP contribution in [0.5, 0.6) is 0 Å². The number of para-hydroxylation sites is 1. The van der Waals surface area contributed by atoms with Gasteiger partial charge in [0.25, 0.3) is 11.8 Å². The molecule has 0 aliphatic heterocycles. The first kappa shape index (κ1) is 20.5. The third kappa shape index (κ3) is 4.97. The molecule has 0 spiro atoms. The number of benzene rings is 2. The lowest BCUT2D eigenvalue weighted by Gasteiger charge is -2.17. The van der Waals surface area contributed by atoms with Crippen molar-refractivity contribution in [2.45, 2.75) is 13.8 Å². The minimum absolute atomic E-state index is 0.312. The van der Waals surface area contributed by atoms with Crippen molar-refractivity contribution in [1.82, 2.24) is 10.3 Å². The molecule has 150 valence electrons. The molecule has 1 aromatic heterocycles. The quantitative estimate of drug-likeness (QED) is 0.604. The number of anilines is 1. The number of hydrogen-bond acceptors (Lipinski definition) is 6. The highest BCUT2D eigenvalue weighted by molar-refractivity contribution is 7.22. The zero-order chi connectivity index (χ0) is 20.8. The third-order valence-corrected chi connectivity index (χ3v) is 5.33. The summed E-state index contributed by atoms with van der Waals surface area (Å²) in [5.74, 6) is -1.41. The molecular weight excluding hydrogens is 390 g/mol. The summed E-state index contributed by atoms with van der Waals surface area (Å²) in [4.78, 5) is 42.5. The molecule has 0 bridgehead atoms. The van der Waals surface area contributed by atoms with Crippen LogP contribution in [-0.4, -0.2) is 42.5 Å². The molecule has 0 fully saturated rings. The molecule has 3 aromatic rings. The number of nitrogens with zero attached hydrogens (tertiary/aromatic N) is 2. The maximum atomic E-state index is 12.5. The van der Waals surface area contributed by atoms with Crippen LogP contribution in [-0.2, 0) is 14.3 Å². The number of likely N-dealkylation sites (N-methyl/N-ethyl adjacent to an activating group) is 1. The van der Waals surface area contributed by atoms with Crippen LogP contribution in [0.2, 0.25) is 0 Å². The second-order valence-electron chi connectivity index (χ2n) is 6.26. The van der Waals surface area contributed by atoms with E-state index >= 15 is 0 Å². The number of hydrogen-bond donors (Lipinski definition) is 1. The Hall–Kier alpha value is -3.26. The van der Waals surface area contributed by atoms with Crippen LogP contribution >= 0.6 is 11.3 Å². The molecule has 7 nitrogen and oxygen atoms in total. The van der Waals surface area contributed by atoms with Gasteiger partial charge in [0.05, 0.1) is 10.2 Å². The second-order valence-corrected chi connectivity index (χ2v) is 7.27. The zero-order valence-electron chi connectivity index (χ0n) is 16.2. The molecule has 0 saturated heterocycles. The number of aromatic nitrogens is 1. The summed E-state index contributed by atoms with van der Waals surface area (Å²) in [6, 6.07) is 14.7. The second kappa shape index (κ2) is 9.29. The monoisotopic (exact) mass is 411 g/mol. The highest BCUT2D eigenvalue weighted by Gasteiger charge is 2.20. The van der Waals surface area contributed by atoms with Crippen molar-refractivity contribution in [2.75, 3.05) is 24.6 Å². The average molecular weight is 411 g/mol. The van der Waals surface area contributed by atoms with Crippen molar-refractivity contribution in [3.8, 4) is 0 Å². The van der Waals surface area contributed by atoms with Crippen molar-refractivity contribution in [3.63, 3.8) is 0 Å². The van der Waals surface area contributed by atoms with Crippen LogP contribution in [0.25, 0.3) is 10.2 Å². The summed E-state index contributed by atoms with van der Waals surface area (Å²) in [7, 11) is 0. The number of amides is 2. The molecule has 3 rings (SSSR count). The van der Waals surface area contributed by atoms with Crippen molar-refractivity contribution in [1.29, 1.82) is 0 Å². The van der Waals surface area contributed by atoms with Crippen LogP contribution < -0.4 is 10.2 Å². The predicted octanol–water partition coefficient (Wildman–Crippen LogP) is 2.93. The van der Waals surface area contributed by atoms with E-state index in [1.54, 1.807) is 12.1 Å². The number of fused-ring (bicyclic) bond motifs is 1. The lowest BCUT2D eigenvalue weighted by molar-refractivity contribution is -0.146. The van der Waals surface area contributed by atoms with E-state index in [4.69, 9.17) is 4.74 Å². The third-order valence-electron chi connectivity index (χ3n) is 4.27. The number of esters is 1. The molecule has 8 heteroatoms. The standard InChI is InChI=1S/C21H21N3O4S/c1-3-24(21-23-16-10-6-7-11-17(16)29-21)18(25)13-28-19(26)12-22-20(27)15-9-5-4-8-14(15)2/h4-11H,3,12-13H2,1-2H3,(H,22,27). The van der Waals surface area contributed by atoms with Gasteiger partial charge in [-0.3, -0.25) is 19.3 Å². The Bertz CT molecular complexity index is 1010. The summed E-state index contributed by atoms with van der Waals surface area (Å²) in [5.41, 5.74) is 2.11. The van der Waals surface area contributed by atoms with Crippen molar-refractivity contribution in [2.24, 2.45) is 0 Å². The molecule has 0 aliphatic rings. The van der Waals surface area contributed by atoms with Gasteiger partial charge in [-0.2, -0.15) is 0 Å². The topological polar surface area (TPSA) is 88.6 Å². The van der Waals surface area contributed by atoms with Crippen LogP contribution in [0.4, 0.5) is 5.13 Å². The fraction of sp³-hybridized carbons (Fsp3) is 0.238. The van der Waals surface area contributed by atoms with Gasteiger partial charge < -0.3 is 10.1 Å². The molecule has 0 radical (unpaired) electrons. The van der Waals surface area contributed by atoms with Crippen molar-refractivity contribution < 1.29 is 19.1 Å². The van der Waals surface area contributed by atoms with Gasteiger partial charge in [-0.05, 0) is 37.6 Å². The first-order valence-corrected chi connectivity index (χ1v) is 9.96. The van der Waals surface area contributed by atoms with E-state index in [9.17, 15) is 14.4 Å². The number of carbonyl (C=O) groups is 3. The number of ether oxygens (including phenoxy) is 1. The minimum atomic E-state index is -0.680. The number of rotatable bonds is 7. The first-order valence-electron chi connectivity index (χ1n) is 9.15. The summed E-state index contributed by atoms with van der Waals surface area (Å²) >= 11 is 1.40. The van der Waals surface area contributed by atoms with E-state index in [1.165, 1.54) is 16.2 Å². The smallest absolute Gasteiger partial charge is 0.325 e. The normalized spacial score (nSPS) is 10.6. The van der Waals surface area contributed by atoms with Gasteiger partial charge >= 0.3 is 5.97 Å². The molecular formula is C21H21N3O4S. The van der Waals surface area contributed by atoms with Crippen LogP contribution in [0, 0.1) is 6.92 Å². The Balaban J connectivity index is 1.52. The van der Waals surface area contributed by atoms with Crippen LogP contribution in [0.3, 0.4) is 0 Å². The predicted molar refractivity (Wildman–Crippen MR) is 112 cm³/mol. The fourth-order valence-corrected chi connectivity index (χ4v) is 3.79. The Kier molecular flexibility index (Phi) is 6.56. The Labute approximate surface area is 172 Å². The van der Waals surface area contributed by atoms with Crippen molar-refractivity contribution in [3.05, 3.63) is 59.7 Å². The lowest BCUT2D eigenvalue weighted by atomic mass is 10.1. The van der Waals surface area contributed by atoms with Crippen LogP contribution in [0.1, 0.15) is 22.8 Å². The molecule has 0 saturated carbocycles. The summed E-state index contributed by atoms with van der Waals surface area (Å²) in [6.45, 7) is 3.32. The highest BCUT2D eigenvalue weighted by atomic mass is 32.1. The Morgan fingerprint density at radius 3 is 2.55 bits per heavy atom. The maximum absolute atomic E-state index is 12.5. The van der Waals surface area contributed by atoms with Crippen LogP contribution in [0.15, 0.2) is 48.5 Å². The van der Waals surface area contributed by atoms with Gasteiger partial charge in [0.2, 0.25) is 0 Å². The van der Waals surface area contributed by atoms with Gasteiger partial charge in [-0.25, -0.2) is 4.98 Å². The van der Waals surface area contributed by atoms with E-state index in [0.717, 1.165) is 15.8 Å².